The van der Waals surface area contributed by atoms with Crippen LogP contribution in [0.2, 0.25) is 0 Å². The average molecular weight is 388 g/mol. The monoisotopic (exact) mass is 388 g/mol. The third kappa shape index (κ3) is 6.50. The topological polar surface area (TPSA) is 67.4 Å². The first kappa shape index (κ1) is 20.1. The summed E-state index contributed by atoms with van der Waals surface area (Å²) in [5.74, 6) is -0.0547. The molecule has 0 bridgehead atoms. The molecule has 3 aromatic carbocycles. The molecule has 0 aliphatic heterocycles. The van der Waals surface area contributed by atoms with Crippen molar-refractivity contribution in [3.05, 3.63) is 101 Å². The van der Waals surface area contributed by atoms with Crippen LogP contribution in [0.1, 0.15) is 22.3 Å². The lowest BCUT2D eigenvalue weighted by molar-refractivity contribution is -0.129. The number of benzene rings is 3. The number of hydrazine groups is 1. The van der Waals surface area contributed by atoms with E-state index in [1.807, 2.05) is 85.8 Å². The molecule has 0 heterocycles. The lowest BCUT2D eigenvalue weighted by Gasteiger charge is -2.12. The van der Waals surface area contributed by atoms with Crippen molar-refractivity contribution in [1.82, 2.24) is 10.9 Å². The predicted octanol–water partition coefficient (Wildman–Crippen LogP) is 3.35. The fourth-order valence-corrected chi connectivity index (χ4v) is 2.86. The fourth-order valence-electron chi connectivity index (χ4n) is 2.86. The van der Waals surface area contributed by atoms with E-state index >= 15 is 0 Å². The number of carbonyl (C=O) groups excluding carboxylic acids is 2. The third-order valence-electron chi connectivity index (χ3n) is 4.40. The number of para-hydroxylation sites is 1. The van der Waals surface area contributed by atoms with Gasteiger partial charge in [-0.15, -0.1) is 0 Å². The van der Waals surface area contributed by atoms with Crippen LogP contribution in [0.3, 0.4) is 0 Å². The Hall–Kier alpha value is -3.60. The molecule has 0 spiro atoms. The molecule has 5 heteroatoms. The van der Waals surface area contributed by atoms with Gasteiger partial charge in [-0.2, -0.15) is 0 Å². The Morgan fingerprint density at radius 3 is 2.17 bits per heavy atom. The third-order valence-corrected chi connectivity index (χ3v) is 4.40. The quantitative estimate of drug-likeness (QED) is 0.610. The first-order chi connectivity index (χ1) is 14.1. The van der Waals surface area contributed by atoms with E-state index < -0.39 is 5.91 Å². The van der Waals surface area contributed by atoms with E-state index in [9.17, 15) is 9.59 Å². The molecule has 148 valence electrons. The lowest BCUT2D eigenvalue weighted by Crippen LogP contribution is -2.44. The number of ether oxygens (including phenoxy) is 1. The highest BCUT2D eigenvalue weighted by molar-refractivity contribution is 5.83. The van der Waals surface area contributed by atoms with Gasteiger partial charge in [-0.1, -0.05) is 78.4 Å². The van der Waals surface area contributed by atoms with Crippen LogP contribution in [-0.4, -0.2) is 18.4 Å². The van der Waals surface area contributed by atoms with Gasteiger partial charge in [0.15, 0.2) is 6.61 Å². The van der Waals surface area contributed by atoms with Gasteiger partial charge in [-0.25, -0.2) is 0 Å². The Kier molecular flexibility index (Phi) is 7.00. The molecule has 0 saturated carbocycles. The summed E-state index contributed by atoms with van der Waals surface area (Å²) >= 11 is 0. The molecular formula is C24H24N2O3. The first-order valence-electron chi connectivity index (χ1n) is 9.48. The van der Waals surface area contributed by atoms with Gasteiger partial charge in [0.2, 0.25) is 5.91 Å². The summed E-state index contributed by atoms with van der Waals surface area (Å²) in [6.07, 6.45) is 0.910. The van der Waals surface area contributed by atoms with Gasteiger partial charge in [-0.05, 0) is 29.7 Å². The largest absolute Gasteiger partial charge is 0.483 e. The van der Waals surface area contributed by atoms with E-state index in [1.54, 1.807) is 0 Å². The minimum atomic E-state index is -0.420. The summed E-state index contributed by atoms with van der Waals surface area (Å²) in [6.45, 7) is 1.80. The van der Waals surface area contributed by atoms with Gasteiger partial charge in [0.1, 0.15) is 5.75 Å². The normalized spacial score (nSPS) is 10.2. The maximum absolute atomic E-state index is 12.0. The molecule has 3 rings (SSSR count). The van der Waals surface area contributed by atoms with E-state index in [4.69, 9.17) is 4.74 Å². The Balaban J connectivity index is 1.47. The van der Waals surface area contributed by atoms with E-state index in [2.05, 4.69) is 10.9 Å². The summed E-state index contributed by atoms with van der Waals surface area (Å²) in [5.41, 5.74) is 8.98. The highest BCUT2D eigenvalue weighted by Gasteiger charge is 2.09. The van der Waals surface area contributed by atoms with E-state index in [0.717, 1.165) is 22.3 Å². The van der Waals surface area contributed by atoms with Crippen LogP contribution in [0, 0.1) is 6.92 Å². The zero-order chi connectivity index (χ0) is 20.5. The molecule has 0 aliphatic rings. The summed E-state index contributed by atoms with van der Waals surface area (Å²) in [6, 6.07) is 25.4. The SMILES string of the molecule is Cc1ccc(CC(=O)NNC(=O)COc2ccccc2Cc2ccccc2)cc1. The standard InChI is InChI=1S/C24H24N2O3/c1-18-11-13-20(14-12-18)16-23(27)25-26-24(28)17-29-22-10-6-5-9-21(22)15-19-7-3-2-4-8-19/h2-14H,15-17H2,1H3,(H,25,27)(H,26,28). The summed E-state index contributed by atoms with van der Waals surface area (Å²) in [4.78, 5) is 24.0. The van der Waals surface area contributed by atoms with Gasteiger partial charge in [0.05, 0.1) is 6.42 Å². The van der Waals surface area contributed by atoms with E-state index in [1.165, 1.54) is 0 Å². The molecule has 0 radical (unpaired) electrons. The van der Waals surface area contributed by atoms with Crippen molar-refractivity contribution in [3.63, 3.8) is 0 Å². The lowest BCUT2D eigenvalue weighted by atomic mass is 10.0. The molecule has 0 unspecified atom stereocenters. The molecule has 0 saturated heterocycles. The number of carbonyl (C=O) groups is 2. The predicted molar refractivity (Wildman–Crippen MR) is 112 cm³/mol. The minimum absolute atomic E-state index is 0.184. The van der Waals surface area contributed by atoms with E-state index in [-0.39, 0.29) is 18.9 Å². The van der Waals surface area contributed by atoms with Gasteiger partial charge >= 0.3 is 0 Å². The molecule has 0 fully saturated rings. The minimum Gasteiger partial charge on any atom is -0.483 e. The van der Waals surface area contributed by atoms with Crippen molar-refractivity contribution >= 4 is 11.8 Å². The second-order valence-corrected chi connectivity index (χ2v) is 6.82. The van der Waals surface area contributed by atoms with Gasteiger partial charge < -0.3 is 4.74 Å². The zero-order valence-corrected chi connectivity index (χ0v) is 16.4. The number of hydrogen-bond acceptors (Lipinski definition) is 3. The highest BCUT2D eigenvalue weighted by Crippen LogP contribution is 2.21. The van der Waals surface area contributed by atoms with E-state index in [0.29, 0.717) is 12.2 Å². The zero-order valence-electron chi connectivity index (χ0n) is 16.4. The van der Waals surface area contributed by atoms with Crippen LogP contribution in [0.15, 0.2) is 78.9 Å². The number of aryl methyl sites for hydroxylation is 1. The van der Waals surface area contributed by atoms with Crippen molar-refractivity contribution < 1.29 is 14.3 Å². The maximum Gasteiger partial charge on any atom is 0.276 e. The Bertz CT molecular complexity index is 953. The summed E-state index contributed by atoms with van der Waals surface area (Å²) in [7, 11) is 0. The van der Waals surface area contributed by atoms with Gasteiger partial charge in [0.25, 0.3) is 5.91 Å². The van der Waals surface area contributed by atoms with Gasteiger partial charge in [-0.3, -0.25) is 20.4 Å². The second-order valence-electron chi connectivity index (χ2n) is 6.82. The average Bonchev–Trinajstić information content (AvgIpc) is 2.74. The van der Waals surface area contributed by atoms with Crippen molar-refractivity contribution in [3.8, 4) is 5.75 Å². The highest BCUT2D eigenvalue weighted by atomic mass is 16.5. The molecular weight excluding hydrogens is 364 g/mol. The second kappa shape index (κ2) is 10.1. The number of amides is 2. The molecule has 0 atom stereocenters. The number of rotatable bonds is 7. The van der Waals surface area contributed by atoms with Crippen molar-refractivity contribution in [2.24, 2.45) is 0 Å². The number of hydrogen-bond donors (Lipinski definition) is 2. The first-order valence-corrected chi connectivity index (χ1v) is 9.48. The van der Waals surface area contributed by atoms with Gasteiger partial charge in [0, 0.05) is 6.42 Å². The van der Waals surface area contributed by atoms with Crippen LogP contribution in [0.4, 0.5) is 0 Å². The Morgan fingerprint density at radius 1 is 0.759 bits per heavy atom. The van der Waals surface area contributed by atoms with Crippen LogP contribution in [-0.2, 0) is 22.4 Å². The Labute approximate surface area is 170 Å². The molecule has 5 nitrogen and oxygen atoms in total. The molecule has 2 N–H and O–H groups in total. The summed E-state index contributed by atoms with van der Waals surface area (Å²) in [5, 5.41) is 0. The smallest absolute Gasteiger partial charge is 0.276 e. The molecule has 0 aliphatic carbocycles. The van der Waals surface area contributed by atoms with Crippen molar-refractivity contribution in [2.45, 2.75) is 19.8 Å². The molecule has 3 aromatic rings. The number of nitrogens with one attached hydrogen (secondary N) is 2. The maximum atomic E-state index is 12.0. The van der Waals surface area contributed by atoms with Crippen LogP contribution < -0.4 is 15.6 Å². The summed E-state index contributed by atoms with van der Waals surface area (Å²) < 4.78 is 5.67. The van der Waals surface area contributed by atoms with Crippen LogP contribution >= 0.6 is 0 Å². The fraction of sp³-hybridized carbons (Fsp3) is 0.167. The molecule has 2 amide bonds. The van der Waals surface area contributed by atoms with Crippen LogP contribution in [0.25, 0.3) is 0 Å². The molecule has 0 aromatic heterocycles. The van der Waals surface area contributed by atoms with Crippen molar-refractivity contribution in [2.75, 3.05) is 6.61 Å². The van der Waals surface area contributed by atoms with Crippen LogP contribution in [0.5, 0.6) is 5.75 Å². The van der Waals surface area contributed by atoms with Crippen molar-refractivity contribution in [1.29, 1.82) is 0 Å². The Morgan fingerprint density at radius 2 is 1.41 bits per heavy atom. The molecule has 29 heavy (non-hydrogen) atoms.